The molecule has 2 rings (SSSR count). The molecule has 5 heteroatoms. The summed E-state index contributed by atoms with van der Waals surface area (Å²) in [5.41, 5.74) is 7.07. The lowest BCUT2D eigenvalue weighted by Gasteiger charge is -2.21. The van der Waals surface area contributed by atoms with E-state index in [1.165, 1.54) is 18.9 Å². The monoisotopic (exact) mass is 316 g/mol. The Kier molecular flexibility index (Phi) is 4.45. The molecular weight excluding hydrogens is 299 g/mol. The zero-order valence-electron chi connectivity index (χ0n) is 10.5. The van der Waals surface area contributed by atoms with Crippen LogP contribution in [0.2, 0.25) is 0 Å². The van der Waals surface area contributed by atoms with Gasteiger partial charge in [0, 0.05) is 26.3 Å². The quantitative estimate of drug-likeness (QED) is 0.647. The molecule has 0 heterocycles. The summed E-state index contributed by atoms with van der Waals surface area (Å²) in [5, 5.41) is 0. The molecule has 100 valence electrons. The minimum absolute atomic E-state index is 0.338. The van der Waals surface area contributed by atoms with Gasteiger partial charge in [-0.3, -0.25) is 0 Å². The highest BCUT2D eigenvalue weighted by atomic mass is 79.9. The van der Waals surface area contributed by atoms with E-state index >= 15 is 0 Å². The summed E-state index contributed by atoms with van der Waals surface area (Å²) < 4.78 is 19.3. The number of hydrogen-bond acceptors (Lipinski definition) is 3. The van der Waals surface area contributed by atoms with E-state index in [0.717, 1.165) is 24.8 Å². The molecule has 0 atom stereocenters. The van der Waals surface area contributed by atoms with Gasteiger partial charge in [0.15, 0.2) is 0 Å². The number of halogens is 2. The first-order chi connectivity index (χ1) is 8.58. The van der Waals surface area contributed by atoms with Crippen LogP contribution in [0.4, 0.5) is 15.8 Å². The second kappa shape index (κ2) is 5.89. The lowest BCUT2D eigenvalue weighted by Crippen LogP contribution is -2.24. The van der Waals surface area contributed by atoms with Crippen LogP contribution in [0.5, 0.6) is 0 Å². The van der Waals surface area contributed by atoms with Crippen molar-refractivity contribution in [3.05, 3.63) is 22.4 Å². The second-order valence-corrected chi connectivity index (χ2v) is 5.62. The molecule has 1 aliphatic carbocycles. The summed E-state index contributed by atoms with van der Waals surface area (Å²) in [6.07, 6.45) is 2.60. The first-order valence-electron chi connectivity index (χ1n) is 6.11. The van der Waals surface area contributed by atoms with Gasteiger partial charge >= 0.3 is 0 Å². The predicted molar refractivity (Wildman–Crippen MR) is 75.3 cm³/mol. The minimum atomic E-state index is -0.338. The molecule has 1 aromatic carbocycles. The van der Waals surface area contributed by atoms with Gasteiger partial charge in [-0.05, 0) is 40.8 Å². The van der Waals surface area contributed by atoms with Gasteiger partial charge in [-0.2, -0.15) is 0 Å². The maximum atomic E-state index is 13.3. The third kappa shape index (κ3) is 3.59. The van der Waals surface area contributed by atoms with Crippen molar-refractivity contribution in [3.8, 4) is 0 Å². The molecule has 0 aromatic heterocycles. The highest BCUT2D eigenvalue weighted by Crippen LogP contribution is 2.30. The smallest absolute Gasteiger partial charge is 0.139 e. The Morgan fingerprint density at radius 3 is 2.89 bits per heavy atom. The fourth-order valence-corrected chi connectivity index (χ4v) is 2.07. The lowest BCUT2D eigenvalue weighted by atomic mass is 10.2. The van der Waals surface area contributed by atoms with E-state index in [-0.39, 0.29) is 5.82 Å². The average molecular weight is 317 g/mol. The molecule has 1 fully saturated rings. The zero-order valence-corrected chi connectivity index (χ0v) is 12.0. The van der Waals surface area contributed by atoms with Crippen LogP contribution >= 0.6 is 15.9 Å². The number of anilines is 2. The van der Waals surface area contributed by atoms with Crippen molar-refractivity contribution in [2.24, 2.45) is 5.92 Å². The highest BCUT2D eigenvalue weighted by Gasteiger charge is 2.21. The van der Waals surface area contributed by atoms with Gasteiger partial charge < -0.3 is 15.4 Å². The van der Waals surface area contributed by atoms with Gasteiger partial charge in [-0.15, -0.1) is 0 Å². The van der Waals surface area contributed by atoms with Crippen LogP contribution in [0.25, 0.3) is 0 Å². The van der Waals surface area contributed by atoms with E-state index < -0.39 is 0 Å². The Labute approximate surface area is 115 Å². The Balaban J connectivity index is 1.86. The van der Waals surface area contributed by atoms with Crippen molar-refractivity contribution in [1.29, 1.82) is 0 Å². The van der Waals surface area contributed by atoms with Crippen molar-refractivity contribution in [2.75, 3.05) is 37.4 Å². The average Bonchev–Trinajstić information content (AvgIpc) is 3.13. The molecule has 1 aliphatic rings. The van der Waals surface area contributed by atoms with Crippen LogP contribution in [0, 0.1) is 11.7 Å². The Hall–Kier alpha value is -0.810. The summed E-state index contributed by atoms with van der Waals surface area (Å²) in [4.78, 5) is 1.98. The number of nitrogens with zero attached hydrogens (tertiary/aromatic N) is 1. The molecule has 0 aliphatic heterocycles. The first kappa shape index (κ1) is 13.6. The van der Waals surface area contributed by atoms with E-state index in [2.05, 4.69) is 15.9 Å². The third-order valence-corrected chi connectivity index (χ3v) is 3.71. The minimum Gasteiger partial charge on any atom is -0.397 e. The standard InChI is InChI=1S/C13H18BrFN2O/c1-17(4-5-18-8-9-2-3-9)13-6-10(14)11(15)7-12(13)16/h6-7,9H,2-5,8,16H2,1H3. The van der Waals surface area contributed by atoms with Crippen LogP contribution in [-0.4, -0.2) is 26.8 Å². The highest BCUT2D eigenvalue weighted by molar-refractivity contribution is 9.10. The van der Waals surface area contributed by atoms with Crippen LogP contribution in [0.15, 0.2) is 16.6 Å². The van der Waals surface area contributed by atoms with Gasteiger partial charge in [0.25, 0.3) is 0 Å². The van der Waals surface area contributed by atoms with Crippen molar-refractivity contribution in [3.63, 3.8) is 0 Å². The van der Waals surface area contributed by atoms with E-state index in [4.69, 9.17) is 10.5 Å². The first-order valence-corrected chi connectivity index (χ1v) is 6.90. The SMILES string of the molecule is CN(CCOCC1CC1)c1cc(Br)c(F)cc1N. The van der Waals surface area contributed by atoms with Crippen molar-refractivity contribution in [1.82, 2.24) is 0 Å². The Bertz CT molecular complexity index is 424. The van der Waals surface area contributed by atoms with Crippen LogP contribution in [0.3, 0.4) is 0 Å². The maximum Gasteiger partial charge on any atom is 0.139 e. The van der Waals surface area contributed by atoms with E-state index in [1.807, 2.05) is 11.9 Å². The van der Waals surface area contributed by atoms with Crippen molar-refractivity contribution in [2.45, 2.75) is 12.8 Å². The Morgan fingerprint density at radius 2 is 2.22 bits per heavy atom. The number of rotatable bonds is 6. The molecule has 2 N–H and O–H groups in total. The molecule has 0 spiro atoms. The summed E-state index contributed by atoms with van der Waals surface area (Å²) in [6, 6.07) is 3.03. The largest absolute Gasteiger partial charge is 0.397 e. The Morgan fingerprint density at radius 1 is 1.50 bits per heavy atom. The normalized spacial score (nSPS) is 14.8. The van der Waals surface area contributed by atoms with Crippen LogP contribution < -0.4 is 10.6 Å². The fourth-order valence-electron chi connectivity index (χ4n) is 1.74. The van der Waals surface area contributed by atoms with Crippen molar-refractivity contribution >= 4 is 27.3 Å². The number of benzene rings is 1. The number of likely N-dealkylation sites (N-methyl/N-ethyl adjacent to an activating group) is 1. The molecule has 0 radical (unpaired) electrons. The number of ether oxygens (including phenoxy) is 1. The van der Waals surface area contributed by atoms with Gasteiger partial charge in [-0.25, -0.2) is 4.39 Å². The maximum absolute atomic E-state index is 13.3. The number of hydrogen-bond donors (Lipinski definition) is 1. The number of nitrogen functional groups attached to an aromatic ring is 1. The van der Waals surface area contributed by atoms with E-state index in [9.17, 15) is 4.39 Å². The fraction of sp³-hybridized carbons (Fsp3) is 0.538. The molecule has 0 unspecified atom stereocenters. The van der Waals surface area contributed by atoms with Crippen molar-refractivity contribution < 1.29 is 9.13 Å². The molecule has 18 heavy (non-hydrogen) atoms. The zero-order chi connectivity index (χ0) is 13.1. The molecule has 3 nitrogen and oxygen atoms in total. The summed E-state index contributed by atoms with van der Waals surface area (Å²) in [5.74, 6) is 0.440. The van der Waals surface area contributed by atoms with E-state index in [1.54, 1.807) is 6.07 Å². The van der Waals surface area contributed by atoms with Crippen LogP contribution in [0.1, 0.15) is 12.8 Å². The summed E-state index contributed by atoms with van der Waals surface area (Å²) in [7, 11) is 1.93. The molecule has 0 saturated heterocycles. The third-order valence-electron chi connectivity index (χ3n) is 3.10. The van der Waals surface area contributed by atoms with Gasteiger partial charge in [0.05, 0.1) is 22.5 Å². The summed E-state index contributed by atoms with van der Waals surface area (Å²) >= 11 is 3.17. The molecular formula is C13H18BrFN2O. The molecule has 1 aromatic rings. The van der Waals surface area contributed by atoms with Gasteiger partial charge in [-0.1, -0.05) is 0 Å². The molecule has 0 amide bonds. The lowest BCUT2D eigenvalue weighted by molar-refractivity contribution is 0.131. The second-order valence-electron chi connectivity index (χ2n) is 4.76. The van der Waals surface area contributed by atoms with E-state index in [0.29, 0.717) is 16.8 Å². The molecule has 1 saturated carbocycles. The van der Waals surface area contributed by atoms with Gasteiger partial charge in [0.2, 0.25) is 0 Å². The summed E-state index contributed by atoms with van der Waals surface area (Å²) in [6.45, 7) is 2.27. The van der Waals surface area contributed by atoms with Gasteiger partial charge in [0.1, 0.15) is 5.82 Å². The predicted octanol–water partition coefficient (Wildman–Crippen LogP) is 3.03. The number of nitrogens with two attached hydrogens (primary N) is 1. The molecule has 0 bridgehead atoms. The topological polar surface area (TPSA) is 38.5 Å². The van der Waals surface area contributed by atoms with Crippen LogP contribution in [-0.2, 0) is 4.74 Å².